The Morgan fingerprint density at radius 1 is 1.29 bits per heavy atom. The molecular weight excluding hydrogens is 266 g/mol. The van der Waals surface area contributed by atoms with E-state index in [2.05, 4.69) is 9.88 Å². The van der Waals surface area contributed by atoms with Gasteiger partial charge in [0.15, 0.2) is 0 Å². The Kier molecular flexibility index (Phi) is 3.41. The number of hydrogen-bond donors (Lipinski definition) is 0. The number of para-hydroxylation sites is 1. The lowest BCUT2D eigenvalue weighted by Gasteiger charge is -2.39. The highest BCUT2D eigenvalue weighted by Crippen LogP contribution is 2.32. The van der Waals surface area contributed by atoms with Crippen LogP contribution in [0.25, 0.3) is 10.9 Å². The van der Waals surface area contributed by atoms with Crippen molar-refractivity contribution in [2.24, 2.45) is 0 Å². The number of hydrogen-bond acceptors (Lipinski definition) is 4. The number of anilines is 1. The third-order valence-electron chi connectivity index (χ3n) is 4.12. The van der Waals surface area contributed by atoms with Crippen LogP contribution in [-0.2, 0) is 4.79 Å². The van der Waals surface area contributed by atoms with E-state index in [4.69, 9.17) is 4.74 Å². The summed E-state index contributed by atoms with van der Waals surface area (Å²) in [7, 11) is 3.50. The summed E-state index contributed by atoms with van der Waals surface area (Å²) in [5, 5.41) is 1.01. The van der Waals surface area contributed by atoms with E-state index in [1.165, 1.54) is 0 Å². The summed E-state index contributed by atoms with van der Waals surface area (Å²) in [5.74, 6) is 0.900. The van der Waals surface area contributed by atoms with E-state index in [-0.39, 0.29) is 11.9 Å². The Balaban J connectivity index is 2.11. The molecule has 1 saturated heterocycles. The van der Waals surface area contributed by atoms with Crippen LogP contribution in [-0.4, -0.2) is 49.1 Å². The van der Waals surface area contributed by atoms with Crippen LogP contribution >= 0.6 is 0 Å². The van der Waals surface area contributed by atoms with Gasteiger partial charge in [0, 0.05) is 37.4 Å². The van der Waals surface area contributed by atoms with E-state index in [1.54, 1.807) is 18.2 Å². The van der Waals surface area contributed by atoms with Crippen molar-refractivity contribution in [3.8, 4) is 5.75 Å². The summed E-state index contributed by atoms with van der Waals surface area (Å²) in [6.45, 7) is 3.50. The molecule has 0 saturated carbocycles. The number of piperazine rings is 1. The molecule has 1 unspecified atom stereocenters. The van der Waals surface area contributed by atoms with Crippen molar-refractivity contribution in [3.05, 3.63) is 30.5 Å². The van der Waals surface area contributed by atoms with E-state index in [1.807, 2.05) is 38.2 Å². The highest BCUT2D eigenvalue weighted by atomic mass is 16.5. The van der Waals surface area contributed by atoms with Gasteiger partial charge in [0.25, 0.3) is 0 Å². The smallest absolute Gasteiger partial charge is 0.244 e. The van der Waals surface area contributed by atoms with Crippen molar-refractivity contribution in [1.82, 2.24) is 9.88 Å². The van der Waals surface area contributed by atoms with Gasteiger partial charge < -0.3 is 14.5 Å². The minimum absolute atomic E-state index is 0.147. The summed E-state index contributed by atoms with van der Waals surface area (Å²) in [6.07, 6.45) is 1.77. The first kappa shape index (κ1) is 13.7. The monoisotopic (exact) mass is 285 g/mol. The molecule has 1 aromatic heterocycles. The fourth-order valence-electron chi connectivity index (χ4n) is 2.89. The topological polar surface area (TPSA) is 45.7 Å². The summed E-state index contributed by atoms with van der Waals surface area (Å²) in [4.78, 5) is 20.6. The number of nitrogens with zero attached hydrogens (tertiary/aromatic N) is 3. The van der Waals surface area contributed by atoms with Gasteiger partial charge in [0.2, 0.25) is 5.91 Å². The molecular formula is C16H19N3O2. The molecule has 2 heterocycles. The van der Waals surface area contributed by atoms with E-state index in [9.17, 15) is 4.79 Å². The van der Waals surface area contributed by atoms with Gasteiger partial charge in [-0.2, -0.15) is 0 Å². The number of methoxy groups -OCH3 is 1. The number of fused-ring (bicyclic) bond motifs is 1. The lowest BCUT2D eigenvalue weighted by molar-refractivity contribution is -0.132. The average molecular weight is 285 g/mol. The molecule has 5 heteroatoms. The van der Waals surface area contributed by atoms with Crippen LogP contribution in [0, 0.1) is 0 Å². The van der Waals surface area contributed by atoms with E-state index in [0.717, 1.165) is 35.4 Å². The number of rotatable bonds is 2. The second kappa shape index (κ2) is 5.24. The summed E-state index contributed by atoms with van der Waals surface area (Å²) in [6, 6.07) is 7.68. The maximum Gasteiger partial charge on any atom is 0.244 e. The van der Waals surface area contributed by atoms with Crippen molar-refractivity contribution in [2.75, 3.05) is 32.1 Å². The van der Waals surface area contributed by atoms with Gasteiger partial charge in [-0.1, -0.05) is 12.1 Å². The SMILES string of the molecule is COc1cccc2c(N3CCN(C)C(=O)C3C)ccnc12. The molecule has 1 aliphatic rings. The number of carbonyl (C=O) groups excluding carboxylic acids is 1. The first-order chi connectivity index (χ1) is 10.1. The second-order valence-electron chi connectivity index (χ2n) is 5.32. The molecule has 1 aliphatic heterocycles. The van der Waals surface area contributed by atoms with Crippen LogP contribution in [0.3, 0.4) is 0 Å². The van der Waals surface area contributed by atoms with Crippen LogP contribution in [0.4, 0.5) is 5.69 Å². The Labute approximate surface area is 124 Å². The summed E-state index contributed by atoms with van der Waals surface area (Å²) in [5.41, 5.74) is 1.86. The molecule has 0 spiro atoms. The minimum Gasteiger partial charge on any atom is -0.494 e. The molecule has 1 amide bonds. The third kappa shape index (κ3) is 2.18. The molecule has 21 heavy (non-hydrogen) atoms. The number of amides is 1. The van der Waals surface area contributed by atoms with Crippen LogP contribution in [0.5, 0.6) is 5.75 Å². The van der Waals surface area contributed by atoms with Crippen LogP contribution in [0.2, 0.25) is 0 Å². The Morgan fingerprint density at radius 3 is 2.86 bits per heavy atom. The molecule has 110 valence electrons. The lowest BCUT2D eigenvalue weighted by Crippen LogP contribution is -2.54. The van der Waals surface area contributed by atoms with Crippen molar-refractivity contribution in [2.45, 2.75) is 13.0 Å². The van der Waals surface area contributed by atoms with Crippen LogP contribution in [0.15, 0.2) is 30.5 Å². The van der Waals surface area contributed by atoms with Crippen molar-refractivity contribution < 1.29 is 9.53 Å². The van der Waals surface area contributed by atoms with Gasteiger partial charge in [-0.05, 0) is 19.1 Å². The normalized spacial score (nSPS) is 19.2. The Bertz CT molecular complexity index is 686. The number of carbonyl (C=O) groups is 1. The zero-order valence-corrected chi connectivity index (χ0v) is 12.5. The fourth-order valence-corrected chi connectivity index (χ4v) is 2.89. The zero-order chi connectivity index (χ0) is 15.0. The van der Waals surface area contributed by atoms with Crippen molar-refractivity contribution in [1.29, 1.82) is 0 Å². The first-order valence-corrected chi connectivity index (χ1v) is 7.07. The molecule has 0 radical (unpaired) electrons. The van der Waals surface area contributed by atoms with Crippen molar-refractivity contribution >= 4 is 22.5 Å². The predicted molar refractivity (Wildman–Crippen MR) is 82.7 cm³/mol. The number of ether oxygens (including phenoxy) is 1. The quantitative estimate of drug-likeness (QED) is 0.845. The number of likely N-dealkylation sites (N-methyl/N-ethyl adjacent to an activating group) is 1. The van der Waals surface area contributed by atoms with Gasteiger partial charge >= 0.3 is 0 Å². The molecule has 3 rings (SSSR count). The molecule has 0 bridgehead atoms. The number of pyridine rings is 1. The molecule has 1 atom stereocenters. The van der Waals surface area contributed by atoms with Gasteiger partial charge in [-0.3, -0.25) is 9.78 Å². The van der Waals surface area contributed by atoms with Crippen LogP contribution < -0.4 is 9.64 Å². The summed E-state index contributed by atoms with van der Waals surface area (Å²) >= 11 is 0. The molecule has 1 aromatic carbocycles. The first-order valence-electron chi connectivity index (χ1n) is 7.07. The third-order valence-corrected chi connectivity index (χ3v) is 4.12. The largest absolute Gasteiger partial charge is 0.494 e. The van der Waals surface area contributed by atoms with Gasteiger partial charge in [0.05, 0.1) is 7.11 Å². The second-order valence-corrected chi connectivity index (χ2v) is 5.32. The standard InChI is InChI=1S/C16H19N3O2/c1-11-16(20)18(2)9-10-19(11)13-7-8-17-15-12(13)5-4-6-14(15)21-3/h4-8,11H,9-10H2,1-3H3. The lowest BCUT2D eigenvalue weighted by atomic mass is 10.1. The van der Waals surface area contributed by atoms with E-state index >= 15 is 0 Å². The Morgan fingerprint density at radius 2 is 2.10 bits per heavy atom. The highest BCUT2D eigenvalue weighted by Gasteiger charge is 2.30. The van der Waals surface area contributed by atoms with E-state index < -0.39 is 0 Å². The zero-order valence-electron chi connectivity index (χ0n) is 12.5. The maximum atomic E-state index is 12.2. The predicted octanol–water partition coefficient (Wildman–Crippen LogP) is 1.91. The van der Waals surface area contributed by atoms with Gasteiger partial charge in [0.1, 0.15) is 17.3 Å². The minimum atomic E-state index is -0.166. The number of benzene rings is 1. The molecule has 5 nitrogen and oxygen atoms in total. The molecule has 0 N–H and O–H groups in total. The molecule has 1 fully saturated rings. The average Bonchev–Trinajstić information content (AvgIpc) is 2.52. The molecule has 0 aliphatic carbocycles. The fraction of sp³-hybridized carbons (Fsp3) is 0.375. The summed E-state index contributed by atoms with van der Waals surface area (Å²) < 4.78 is 5.38. The highest BCUT2D eigenvalue weighted by molar-refractivity contribution is 5.97. The van der Waals surface area contributed by atoms with Crippen LogP contribution in [0.1, 0.15) is 6.92 Å². The number of aromatic nitrogens is 1. The van der Waals surface area contributed by atoms with E-state index in [0.29, 0.717) is 0 Å². The molecule has 2 aromatic rings. The van der Waals surface area contributed by atoms with Gasteiger partial charge in [-0.15, -0.1) is 0 Å². The Hall–Kier alpha value is -2.30. The maximum absolute atomic E-state index is 12.2. The van der Waals surface area contributed by atoms with Crippen molar-refractivity contribution in [3.63, 3.8) is 0 Å². The van der Waals surface area contributed by atoms with Gasteiger partial charge in [-0.25, -0.2) is 0 Å².